The predicted molar refractivity (Wildman–Crippen MR) is 62.3 cm³/mol. The van der Waals surface area contributed by atoms with Crippen molar-refractivity contribution in [2.45, 2.75) is 31.8 Å². The third kappa shape index (κ3) is 1.47. The average molecular weight is 216 g/mol. The largest absolute Gasteiger partial charge is 0.334 e. The van der Waals surface area contributed by atoms with Gasteiger partial charge in [-0.1, -0.05) is 24.3 Å². The van der Waals surface area contributed by atoms with E-state index in [1.54, 1.807) is 0 Å². The quantitative estimate of drug-likeness (QED) is 0.759. The number of rotatable bonds is 1. The third-order valence-corrected chi connectivity index (χ3v) is 3.57. The van der Waals surface area contributed by atoms with Crippen LogP contribution in [0.2, 0.25) is 0 Å². The fraction of sp³-hybridized carbons (Fsp3) is 0.462. The summed E-state index contributed by atoms with van der Waals surface area (Å²) in [7, 11) is 0. The van der Waals surface area contributed by atoms with Gasteiger partial charge in [0, 0.05) is 18.6 Å². The van der Waals surface area contributed by atoms with Gasteiger partial charge in [0.05, 0.1) is 0 Å². The van der Waals surface area contributed by atoms with Crippen LogP contribution in [0.1, 0.15) is 18.1 Å². The minimum absolute atomic E-state index is 0.102. The average Bonchev–Trinajstić information content (AvgIpc) is 2.81. The van der Waals surface area contributed by atoms with E-state index >= 15 is 0 Å². The van der Waals surface area contributed by atoms with Crippen LogP contribution in [-0.4, -0.2) is 29.6 Å². The molecule has 1 aromatic carbocycles. The Morgan fingerprint density at radius 2 is 1.88 bits per heavy atom. The lowest BCUT2D eigenvalue weighted by Gasteiger charge is -2.22. The molecule has 1 aromatic rings. The van der Waals surface area contributed by atoms with E-state index in [2.05, 4.69) is 36.5 Å². The molecule has 0 radical (unpaired) electrons. The van der Waals surface area contributed by atoms with Crippen LogP contribution in [0.4, 0.5) is 4.79 Å². The molecule has 3 heteroatoms. The number of hydrogen-bond donors (Lipinski definition) is 1. The van der Waals surface area contributed by atoms with E-state index in [4.69, 9.17) is 0 Å². The first-order valence-electron chi connectivity index (χ1n) is 5.88. The maximum Gasteiger partial charge on any atom is 0.318 e. The van der Waals surface area contributed by atoms with Crippen molar-refractivity contribution in [1.82, 2.24) is 10.2 Å². The van der Waals surface area contributed by atoms with Crippen LogP contribution < -0.4 is 5.32 Å². The van der Waals surface area contributed by atoms with Gasteiger partial charge in [-0.05, 0) is 30.9 Å². The van der Waals surface area contributed by atoms with Crippen LogP contribution in [0.15, 0.2) is 24.3 Å². The van der Waals surface area contributed by atoms with E-state index in [-0.39, 0.29) is 12.1 Å². The molecule has 1 N–H and O–H groups in total. The lowest BCUT2D eigenvalue weighted by atomic mass is 10.1. The van der Waals surface area contributed by atoms with Gasteiger partial charge in [0.2, 0.25) is 0 Å². The van der Waals surface area contributed by atoms with Gasteiger partial charge in [-0.2, -0.15) is 0 Å². The third-order valence-electron chi connectivity index (χ3n) is 3.57. The van der Waals surface area contributed by atoms with E-state index in [1.165, 1.54) is 11.1 Å². The SMILES string of the molecule is CC1CN(C2Cc3ccccc3C2)C(=O)N1. The Bertz CT molecular complexity index is 405. The monoisotopic (exact) mass is 216 g/mol. The highest BCUT2D eigenvalue weighted by molar-refractivity contribution is 5.77. The summed E-state index contributed by atoms with van der Waals surface area (Å²) >= 11 is 0. The van der Waals surface area contributed by atoms with Crippen LogP contribution in [0.3, 0.4) is 0 Å². The lowest BCUT2D eigenvalue weighted by Crippen LogP contribution is -2.38. The molecule has 0 spiro atoms. The van der Waals surface area contributed by atoms with Crippen LogP contribution in [-0.2, 0) is 12.8 Å². The molecule has 3 rings (SSSR count). The minimum Gasteiger partial charge on any atom is -0.334 e. The van der Waals surface area contributed by atoms with Gasteiger partial charge < -0.3 is 10.2 Å². The number of carbonyl (C=O) groups excluding carboxylic acids is 1. The van der Waals surface area contributed by atoms with Gasteiger partial charge in [-0.25, -0.2) is 4.79 Å². The van der Waals surface area contributed by atoms with Gasteiger partial charge in [0.15, 0.2) is 0 Å². The van der Waals surface area contributed by atoms with E-state index < -0.39 is 0 Å². The maximum atomic E-state index is 11.7. The molecule has 0 bridgehead atoms. The topological polar surface area (TPSA) is 32.3 Å². The number of fused-ring (bicyclic) bond motifs is 1. The van der Waals surface area contributed by atoms with Crippen molar-refractivity contribution in [2.75, 3.05) is 6.54 Å². The zero-order chi connectivity index (χ0) is 11.1. The molecule has 16 heavy (non-hydrogen) atoms. The highest BCUT2D eigenvalue weighted by atomic mass is 16.2. The van der Waals surface area contributed by atoms with Crippen molar-refractivity contribution in [2.24, 2.45) is 0 Å². The molecule has 1 aliphatic heterocycles. The fourth-order valence-corrected chi connectivity index (χ4v) is 2.79. The number of carbonyl (C=O) groups is 1. The Balaban J connectivity index is 1.79. The first-order chi connectivity index (χ1) is 7.74. The summed E-state index contributed by atoms with van der Waals surface area (Å²) in [5.41, 5.74) is 2.81. The number of nitrogens with zero attached hydrogens (tertiary/aromatic N) is 1. The first kappa shape index (κ1) is 9.70. The van der Waals surface area contributed by atoms with Crippen molar-refractivity contribution in [1.29, 1.82) is 0 Å². The highest BCUT2D eigenvalue weighted by Crippen LogP contribution is 2.26. The van der Waals surface area contributed by atoms with Crippen molar-refractivity contribution >= 4 is 6.03 Å². The van der Waals surface area contributed by atoms with Gasteiger partial charge >= 0.3 is 6.03 Å². The lowest BCUT2D eigenvalue weighted by molar-refractivity contribution is 0.199. The Hall–Kier alpha value is -1.51. The zero-order valence-corrected chi connectivity index (χ0v) is 9.44. The van der Waals surface area contributed by atoms with Crippen LogP contribution >= 0.6 is 0 Å². The molecule has 2 amide bonds. The fourth-order valence-electron chi connectivity index (χ4n) is 2.79. The minimum atomic E-state index is 0.102. The first-order valence-corrected chi connectivity index (χ1v) is 5.88. The van der Waals surface area contributed by atoms with Crippen molar-refractivity contribution in [3.63, 3.8) is 0 Å². The van der Waals surface area contributed by atoms with E-state index in [1.807, 2.05) is 4.90 Å². The molecule has 84 valence electrons. The molecule has 1 heterocycles. The molecule has 1 aliphatic carbocycles. The summed E-state index contributed by atoms with van der Waals surface area (Å²) in [6.45, 7) is 2.90. The van der Waals surface area contributed by atoms with E-state index in [9.17, 15) is 4.79 Å². The molecule has 1 fully saturated rings. The molecular formula is C13H16N2O. The number of amides is 2. The second-order valence-electron chi connectivity index (χ2n) is 4.83. The molecule has 1 unspecified atom stereocenters. The second kappa shape index (κ2) is 3.51. The summed E-state index contributed by atoms with van der Waals surface area (Å²) < 4.78 is 0. The van der Waals surface area contributed by atoms with Gasteiger partial charge in [0.25, 0.3) is 0 Å². The number of urea groups is 1. The molecule has 0 saturated carbocycles. The molecule has 2 aliphatic rings. The van der Waals surface area contributed by atoms with Gasteiger partial charge in [-0.15, -0.1) is 0 Å². The number of hydrogen-bond acceptors (Lipinski definition) is 1. The Morgan fingerprint density at radius 3 is 2.38 bits per heavy atom. The summed E-state index contributed by atoms with van der Waals surface area (Å²) in [6, 6.07) is 9.25. The van der Waals surface area contributed by atoms with E-state index in [0.717, 1.165) is 19.4 Å². The molecule has 1 saturated heterocycles. The smallest absolute Gasteiger partial charge is 0.318 e. The van der Waals surface area contributed by atoms with Crippen LogP contribution in [0.25, 0.3) is 0 Å². The van der Waals surface area contributed by atoms with Gasteiger partial charge in [-0.3, -0.25) is 0 Å². The van der Waals surface area contributed by atoms with Crippen molar-refractivity contribution in [3.05, 3.63) is 35.4 Å². The highest BCUT2D eigenvalue weighted by Gasteiger charge is 2.34. The Labute approximate surface area is 95.4 Å². The number of nitrogens with one attached hydrogen (secondary N) is 1. The molecule has 3 nitrogen and oxygen atoms in total. The summed E-state index contributed by atoms with van der Waals surface area (Å²) in [6.07, 6.45) is 2.02. The molecular weight excluding hydrogens is 200 g/mol. The normalized spacial score (nSPS) is 24.7. The summed E-state index contributed by atoms with van der Waals surface area (Å²) in [5.74, 6) is 0. The number of benzene rings is 1. The molecule has 1 atom stereocenters. The van der Waals surface area contributed by atoms with E-state index in [0.29, 0.717) is 6.04 Å². The maximum absolute atomic E-state index is 11.7. The van der Waals surface area contributed by atoms with Gasteiger partial charge in [0.1, 0.15) is 0 Å². The van der Waals surface area contributed by atoms with Crippen molar-refractivity contribution in [3.8, 4) is 0 Å². The summed E-state index contributed by atoms with van der Waals surface area (Å²) in [4.78, 5) is 13.7. The van der Waals surface area contributed by atoms with Crippen LogP contribution in [0, 0.1) is 0 Å². The molecule has 0 aromatic heterocycles. The zero-order valence-electron chi connectivity index (χ0n) is 9.44. The van der Waals surface area contributed by atoms with Crippen LogP contribution in [0.5, 0.6) is 0 Å². The Morgan fingerprint density at radius 1 is 1.25 bits per heavy atom. The standard InChI is InChI=1S/C13H16N2O/c1-9-8-15(13(16)14-9)12-6-10-4-2-3-5-11(10)7-12/h2-5,9,12H,6-8H2,1H3,(H,14,16). The predicted octanol–water partition coefficient (Wildman–Crippen LogP) is 1.57. The Kier molecular flexibility index (Phi) is 2.13. The second-order valence-corrected chi connectivity index (χ2v) is 4.83. The summed E-state index contributed by atoms with van der Waals surface area (Å²) in [5, 5.41) is 2.96. The van der Waals surface area contributed by atoms with Crippen molar-refractivity contribution < 1.29 is 4.79 Å².